The molecule has 1 rings (SSSR count). The number of aliphatic hydroxyl groups excluding tert-OH is 2. The lowest BCUT2D eigenvalue weighted by molar-refractivity contribution is -0.154. The average Bonchev–Trinajstić information content (AvgIpc) is 2.45. The van der Waals surface area contributed by atoms with Crippen molar-refractivity contribution >= 4 is 11.9 Å². The number of carbonyl (C=O) groups excluding carboxylic acids is 1. The quantitative estimate of drug-likeness (QED) is 0.550. The lowest BCUT2D eigenvalue weighted by atomic mass is 9.71. The predicted molar refractivity (Wildman–Crippen MR) is 73.1 cm³/mol. The molecular weight excluding hydrogens is 262 g/mol. The maximum absolute atomic E-state index is 12.1. The molecular formula is C14H25NO5. The summed E-state index contributed by atoms with van der Waals surface area (Å²) in [6.07, 6.45) is 3.94. The highest BCUT2D eigenvalue weighted by Crippen LogP contribution is 2.39. The summed E-state index contributed by atoms with van der Waals surface area (Å²) in [4.78, 5) is 23.6. The van der Waals surface area contributed by atoms with Gasteiger partial charge in [-0.25, -0.2) is 0 Å². The fourth-order valence-electron chi connectivity index (χ4n) is 2.78. The van der Waals surface area contributed by atoms with E-state index in [0.717, 1.165) is 19.3 Å². The minimum atomic E-state index is -1.06. The highest BCUT2D eigenvalue weighted by atomic mass is 16.4. The van der Waals surface area contributed by atoms with Gasteiger partial charge in [-0.2, -0.15) is 0 Å². The average molecular weight is 287 g/mol. The number of aliphatic carboxylic acids is 1. The summed E-state index contributed by atoms with van der Waals surface area (Å²) >= 11 is 0. The number of nitrogens with one attached hydrogen (secondary N) is 1. The molecule has 6 nitrogen and oxygen atoms in total. The van der Waals surface area contributed by atoms with Crippen molar-refractivity contribution in [2.45, 2.75) is 57.4 Å². The van der Waals surface area contributed by atoms with Crippen LogP contribution in [0.15, 0.2) is 0 Å². The van der Waals surface area contributed by atoms with E-state index in [1.807, 2.05) is 0 Å². The molecule has 4 N–H and O–H groups in total. The van der Waals surface area contributed by atoms with E-state index in [4.69, 9.17) is 0 Å². The van der Waals surface area contributed by atoms with Crippen LogP contribution >= 0.6 is 0 Å². The number of hydrogen-bond acceptors (Lipinski definition) is 4. The summed E-state index contributed by atoms with van der Waals surface area (Å²) in [7, 11) is 0. The van der Waals surface area contributed by atoms with E-state index in [0.29, 0.717) is 19.3 Å². The van der Waals surface area contributed by atoms with Gasteiger partial charge in [0.15, 0.2) is 0 Å². The molecule has 0 aromatic rings. The van der Waals surface area contributed by atoms with Gasteiger partial charge in [0.05, 0.1) is 24.2 Å². The molecule has 1 aliphatic rings. The van der Waals surface area contributed by atoms with Crippen molar-refractivity contribution in [3.8, 4) is 0 Å². The van der Waals surface area contributed by atoms with Crippen molar-refractivity contribution in [3.63, 3.8) is 0 Å². The lowest BCUT2D eigenvalue weighted by Crippen LogP contribution is -2.55. The maximum Gasteiger partial charge on any atom is 0.310 e. The Kier molecular flexibility index (Phi) is 5.95. The van der Waals surface area contributed by atoms with Gasteiger partial charge in [0, 0.05) is 6.42 Å². The molecule has 1 fully saturated rings. The summed E-state index contributed by atoms with van der Waals surface area (Å²) in [5, 5.41) is 30.7. The largest absolute Gasteiger partial charge is 0.481 e. The second kappa shape index (κ2) is 7.04. The van der Waals surface area contributed by atoms with Gasteiger partial charge >= 0.3 is 5.97 Å². The molecule has 1 amide bonds. The van der Waals surface area contributed by atoms with Gasteiger partial charge in [-0.1, -0.05) is 26.2 Å². The fourth-order valence-corrected chi connectivity index (χ4v) is 2.78. The zero-order valence-electron chi connectivity index (χ0n) is 12.0. The molecule has 0 atom stereocenters. The number of rotatable bonds is 7. The van der Waals surface area contributed by atoms with Crippen LogP contribution in [0.3, 0.4) is 0 Å². The van der Waals surface area contributed by atoms with Crippen LogP contribution in [0.4, 0.5) is 0 Å². The number of carbonyl (C=O) groups is 2. The molecule has 0 bridgehead atoms. The molecule has 1 saturated carbocycles. The highest BCUT2D eigenvalue weighted by molar-refractivity contribution is 5.85. The van der Waals surface area contributed by atoms with Crippen LogP contribution in [-0.2, 0) is 9.59 Å². The highest BCUT2D eigenvalue weighted by Gasteiger charge is 2.42. The Morgan fingerprint density at radius 2 is 1.70 bits per heavy atom. The van der Waals surface area contributed by atoms with Gasteiger partial charge in [-0.05, 0) is 19.3 Å². The first-order chi connectivity index (χ1) is 9.43. The first-order valence-electron chi connectivity index (χ1n) is 7.20. The Hall–Kier alpha value is -1.14. The molecule has 0 saturated heterocycles. The molecule has 0 aromatic carbocycles. The Morgan fingerprint density at radius 3 is 2.10 bits per heavy atom. The summed E-state index contributed by atoms with van der Waals surface area (Å²) in [5.74, 6) is -1.35. The van der Waals surface area contributed by atoms with E-state index in [9.17, 15) is 24.9 Å². The third kappa shape index (κ3) is 3.70. The summed E-state index contributed by atoms with van der Waals surface area (Å²) < 4.78 is 0. The summed E-state index contributed by atoms with van der Waals surface area (Å²) in [6.45, 7) is 1.01. The SMILES string of the molecule is CCC(CO)(CO)NC(=O)CC1(C(=O)O)CCCCC1. The standard InChI is InChI=1S/C14H25NO5/c1-2-14(9-16,10-17)15-11(18)8-13(12(19)20)6-4-3-5-7-13/h16-17H,2-10H2,1H3,(H,15,18)(H,19,20). The van der Waals surface area contributed by atoms with E-state index in [1.54, 1.807) is 6.92 Å². The van der Waals surface area contributed by atoms with Gasteiger partial charge in [-0.15, -0.1) is 0 Å². The second-order valence-electron chi connectivity index (χ2n) is 5.82. The molecule has 0 spiro atoms. The number of amides is 1. The van der Waals surface area contributed by atoms with Crippen molar-refractivity contribution in [2.24, 2.45) is 5.41 Å². The minimum absolute atomic E-state index is 0.0932. The van der Waals surface area contributed by atoms with Gasteiger partial charge in [0.25, 0.3) is 0 Å². The monoisotopic (exact) mass is 287 g/mol. The third-order valence-electron chi connectivity index (χ3n) is 4.45. The summed E-state index contributed by atoms with van der Waals surface area (Å²) in [5.41, 5.74) is -2.06. The van der Waals surface area contributed by atoms with Crippen molar-refractivity contribution in [2.75, 3.05) is 13.2 Å². The first kappa shape index (κ1) is 16.9. The van der Waals surface area contributed by atoms with Crippen molar-refractivity contribution in [1.29, 1.82) is 0 Å². The van der Waals surface area contributed by atoms with Gasteiger partial charge in [-0.3, -0.25) is 9.59 Å². The Morgan fingerprint density at radius 1 is 1.15 bits per heavy atom. The van der Waals surface area contributed by atoms with Crippen LogP contribution < -0.4 is 5.32 Å². The van der Waals surface area contributed by atoms with Crippen molar-refractivity contribution in [3.05, 3.63) is 0 Å². The zero-order chi connectivity index (χ0) is 15.2. The number of hydrogen-bond donors (Lipinski definition) is 4. The molecule has 20 heavy (non-hydrogen) atoms. The fraction of sp³-hybridized carbons (Fsp3) is 0.857. The smallest absolute Gasteiger partial charge is 0.310 e. The predicted octanol–water partition coefficient (Wildman–Crippen LogP) is 0.661. The third-order valence-corrected chi connectivity index (χ3v) is 4.45. The maximum atomic E-state index is 12.1. The van der Waals surface area contributed by atoms with Crippen molar-refractivity contribution < 1.29 is 24.9 Å². The molecule has 6 heteroatoms. The first-order valence-corrected chi connectivity index (χ1v) is 7.20. The van der Waals surface area contributed by atoms with E-state index in [-0.39, 0.29) is 19.6 Å². The van der Waals surface area contributed by atoms with E-state index < -0.39 is 22.8 Å². The van der Waals surface area contributed by atoms with Crippen LogP contribution in [0.25, 0.3) is 0 Å². The van der Waals surface area contributed by atoms with Crippen LogP contribution in [0.5, 0.6) is 0 Å². The Bertz CT molecular complexity index is 337. The molecule has 0 aromatic heterocycles. The van der Waals surface area contributed by atoms with Gasteiger partial charge in [0.2, 0.25) is 5.91 Å². The number of carboxylic acid groups (broad SMARTS) is 1. The molecule has 0 unspecified atom stereocenters. The van der Waals surface area contributed by atoms with Gasteiger partial charge < -0.3 is 20.6 Å². The van der Waals surface area contributed by atoms with Crippen molar-refractivity contribution in [1.82, 2.24) is 5.32 Å². The van der Waals surface area contributed by atoms with Crippen LogP contribution in [0.1, 0.15) is 51.9 Å². The normalized spacial score (nSPS) is 18.6. The number of carboxylic acids is 1. The topological polar surface area (TPSA) is 107 Å². The molecule has 0 aliphatic heterocycles. The molecule has 116 valence electrons. The Balaban J connectivity index is 2.74. The lowest BCUT2D eigenvalue weighted by Gasteiger charge is -2.35. The van der Waals surface area contributed by atoms with E-state index in [1.165, 1.54) is 0 Å². The van der Waals surface area contributed by atoms with Crippen LogP contribution in [0.2, 0.25) is 0 Å². The van der Waals surface area contributed by atoms with Crippen LogP contribution in [0, 0.1) is 5.41 Å². The molecule has 0 radical (unpaired) electrons. The minimum Gasteiger partial charge on any atom is -0.481 e. The molecule has 1 aliphatic carbocycles. The second-order valence-corrected chi connectivity index (χ2v) is 5.82. The summed E-state index contributed by atoms with van der Waals surface area (Å²) in [6, 6.07) is 0. The van der Waals surface area contributed by atoms with E-state index in [2.05, 4.69) is 5.32 Å². The number of aliphatic hydroxyl groups is 2. The Labute approximate surface area is 119 Å². The van der Waals surface area contributed by atoms with Gasteiger partial charge in [0.1, 0.15) is 0 Å². The molecule has 0 heterocycles. The van der Waals surface area contributed by atoms with Crippen LogP contribution in [-0.4, -0.2) is 45.9 Å². The zero-order valence-corrected chi connectivity index (χ0v) is 12.0. The van der Waals surface area contributed by atoms with E-state index >= 15 is 0 Å².